The summed E-state index contributed by atoms with van der Waals surface area (Å²) in [6.07, 6.45) is 3.80. The first-order valence-electron chi connectivity index (χ1n) is 6.23. The van der Waals surface area contributed by atoms with E-state index < -0.39 is 0 Å². The molecule has 1 aromatic carbocycles. The molecule has 0 saturated carbocycles. The molecule has 1 atom stereocenters. The highest BCUT2D eigenvalue weighted by Crippen LogP contribution is 2.25. The molecule has 0 aliphatic carbocycles. The number of ether oxygens (including phenoxy) is 1. The van der Waals surface area contributed by atoms with E-state index >= 15 is 0 Å². The molecule has 0 radical (unpaired) electrons. The fourth-order valence-corrected chi connectivity index (χ4v) is 2.31. The first-order valence-corrected chi connectivity index (χ1v) is 7.02. The highest BCUT2D eigenvalue weighted by molar-refractivity contribution is 9.10. The minimum Gasteiger partial charge on any atom is -0.496 e. The van der Waals surface area contributed by atoms with E-state index in [9.17, 15) is 0 Å². The third kappa shape index (κ3) is 5.09. The van der Waals surface area contributed by atoms with Crippen molar-refractivity contribution in [3.8, 4) is 5.75 Å². The van der Waals surface area contributed by atoms with Crippen molar-refractivity contribution in [2.75, 3.05) is 7.11 Å². The minimum atomic E-state index is 0.579. The van der Waals surface area contributed by atoms with Crippen molar-refractivity contribution in [1.29, 1.82) is 0 Å². The maximum absolute atomic E-state index is 5.21. The van der Waals surface area contributed by atoms with Crippen LogP contribution in [-0.2, 0) is 6.54 Å². The summed E-state index contributed by atoms with van der Waals surface area (Å²) >= 11 is 3.50. The topological polar surface area (TPSA) is 21.3 Å². The molecule has 0 fully saturated rings. The van der Waals surface area contributed by atoms with Gasteiger partial charge in [0.2, 0.25) is 0 Å². The Morgan fingerprint density at radius 3 is 2.76 bits per heavy atom. The van der Waals surface area contributed by atoms with E-state index in [1.54, 1.807) is 7.11 Å². The van der Waals surface area contributed by atoms with Crippen molar-refractivity contribution in [2.45, 2.75) is 45.7 Å². The molecule has 0 bridgehead atoms. The first kappa shape index (κ1) is 14.5. The molecule has 96 valence electrons. The van der Waals surface area contributed by atoms with Gasteiger partial charge < -0.3 is 10.1 Å². The molecule has 0 aliphatic heterocycles. The zero-order chi connectivity index (χ0) is 12.7. The Labute approximate surface area is 113 Å². The molecule has 0 aromatic heterocycles. The van der Waals surface area contributed by atoms with Crippen molar-refractivity contribution in [3.63, 3.8) is 0 Å². The van der Waals surface area contributed by atoms with E-state index in [1.807, 2.05) is 6.07 Å². The lowest BCUT2D eigenvalue weighted by Gasteiger charge is -2.14. The average Bonchev–Trinajstić information content (AvgIpc) is 2.34. The number of benzene rings is 1. The van der Waals surface area contributed by atoms with Crippen LogP contribution in [0.15, 0.2) is 22.7 Å². The molecule has 3 heteroatoms. The van der Waals surface area contributed by atoms with E-state index in [0.29, 0.717) is 6.04 Å². The van der Waals surface area contributed by atoms with Gasteiger partial charge >= 0.3 is 0 Å². The Morgan fingerprint density at radius 1 is 1.41 bits per heavy atom. The Hall–Kier alpha value is -0.540. The lowest BCUT2D eigenvalue weighted by Crippen LogP contribution is -2.25. The summed E-state index contributed by atoms with van der Waals surface area (Å²) < 4.78 is 6.23. The number of rotatable bonds is 7. The van der Waals surface area contributed by atoms with Crippen LogP contribution in [0.3, 0.4) is 0 Å². The van der Waals surface area contributed by atoms with Crippen molar-refractivity contribution >= 4 is 15.9 Å². The van der Waals surface area contributed by atoms with Gasteiger partial charge in [0.05, 0.1) is 11.6 Å². The van der Waals surface area contributed by atoms with E-state index in [0.717, 1.165) is 16.8 Å². The number of halogens is 1. The Balaban J connectivity index is 2.44. The summed E-state index contributed by atoms with van der Waals surface area (Å²) in [4.78, 5) is 0. The number of methoxy groups -OCH3 is 1. The predicted molar refractivity (Wildman–Crippen MR) is 76.5 cm³/mol. The maximum atomic E-state index is 5.21. The van der Waals surface area contributed by atoms with Gasteiger partial charge in [0, 0.05) is 12.6 Å². The van der Waals surface area contributed by atoms with Gasteiger partial charge in [0.25, 0.3) is 0 Å². The SMILES string of the molecule is CCCCC(C)NCc1ccc(OC)c(Br)c1. The summed E-state index contributed by atoms with van der Waals surface area (Å²) in [5.74, 6) is 0.882. The fraction of sp³-hybridized carbons (Fsp3) is 0.571. The van der Waals surface area contributed by atoms with E-state index in [-0.39, 0.29) is 0 Å². The third-order valence-corrected chi connectivity index (χ3v) is 3.48. The molecule has 17 heavy (non-hydrogen) atoms. The molecule has 1 rings (SSSR count). The molecule has 1 N–H and O–H groups in total. The quantitative estimate of drug-likeness (QED) is 0.817. The number of unbranched alkanes of at least 4 members (excludes halogenated alkanes) is 1. The zero-order valence-corrected chi connectivity index (χ0v) is 12.5. The third-order valence-electron chi connectivity index (χ3n) is 2.86. The van der Waals surface area contributed by atoms with Crippen molar-refractivity contribution < 1.29 is 4.74 Å². The summed E-state index contributed by atoms with van der Waals surface area (Å²) in [6, 6.07) is 6.79. The van der Waals surface area contributed by atoms with E-state index in [1.165, 1.54) is 24.8 Å². The summed E-state index contributed by atoms with van der Waals surface area (Å²) in [5, 5.41) is 3.54. The fourth-order valence-electron chi connectivity index (χ4n) is 1.72. The largest absolute Gasteiger partial charge is 0.496 e. The number of nitrogens with one attached hydrogen (secondary N) is 1. The molecule has 0 amide bonds. The van der Waals surface area contributed by atoms with Crippen LogP contribution in [-0.4, -0.2) is 13.2 Å². The van der Waals surface area contributed by atoms with Crippen LogP contribution >= 0.6 is 15.9 Å². The van der Waals surface area contributed by atoms with Crippen molar-refractivity contribution in [2.24, 2.45) is 0 Å². The van der Waals surface area contributed by atoms with Crippen LogP contribution in [0.2, 0.25) is 0 Å². The molecular formula is C14H22BrNO. The first-order chi connectivity index (χ1) is 8.17. The Bertz CT molecular complexity index is 341. The van der Waals surface area contributed by atoms with Gasteiger partial charge in [-0.15, -0.1) is 0 Å². The minimum absolute atomic E-state index is 0.579. The molecule has 0 saturated heterocycles. The second kappa shape index (κ2) is 7.72. The molecule has 2 nitrogen and oxygen atoms in total. The predicted octanol–water partition coefficient (Wildman–Crippen LogP) is 4.13. The van der Waals surface area contributed by atoms with Gasteiger partial charge in [0.15, 0.2) is 0 Å². The molecule has 0 heterocycles. The van der Waals surface area contributed by atoms with Crippen LogP contribution < -0.4 is 10.1 Å². The maximum Gasteiger partial charge on any atom is 0.133 e. The van der Waals surface area contributed by atoms with Crippen LogP contribution in [0.5, 0.6) is 5.75 Å². The van der Waals surface area contributed by atoms with Crippen molar-refractivity contribution in [3.05, 3.63) is 28.2 Å². The number of hydrogen-bond donors (Lipinski definition) is 1. The summed E-state index contributed by atoms with van der Waals surface area (Å²) in [7, 11) is 1.69. The van der Waals surface area contributed by atoms with Gasteiger partial charge in [-0.05, 0) is 47.0 Å². The van der Waals surface area contributed by atoms with Crippen molar-refractivity contribution in [1.82, 2.24) is 5.32 Å². The van der Waals surface area contributed by atoms with Crippen LogP contribution in [0, 0.1) is 0 Å². The molecule has 1 unspecified atom stereocenters. The van der Waals surface area contributed by atoms with Gasteiger partial charge in [-0.1, -0.05) is 25.8 Å². The van der Waals surface area contributed by atoms with Gasteiger partial charge in [-0.3, -0.25) is 0 Å². The van der Waals surface area contributed by atoms with Crippen LogP contribution in [0.1, 0.15) is 38.7 Å². The lowest BCUT2D eigenvalue weighted by molar-refractivity contribution is 0.411. The highest BCUT2D eigenvalue weighted by atomic mass is 79.9. The van der Waals surface area contributed by atoms with Gasteiger partial charge in [-0.25, -0.2) is 0 Å². The van der Waals surface area contributed by atoms with Crippen LogP contribution in [0.25, 0.3) is 0 Å². The second-order valence-electron chi connectivity index (χ2n) is 4.39. The monoisotopic (exact) mass is 299 g/mol. The van der Waals surface area contributed by atoms with Gasteiger partial charge in [0.1, 0.15) is 5.75 Å². The average molecular weight is 300 g/mol. The smallest absolute Gasteiger partial charge is 0.133 e. The Morgan fingerprint density at radius 2 is 2.18 bits per heavy atom. The Kier molecular flexibility index (Phi) is 6.60. The lowest BCUT2D eigenvalue weighted by atomic mass is 10.1. The second-order valence-corrected chi connectivity index (χ2v) is 5.25. The van der Waals surface area contributed by atoms with Gasteiger partial charge in [-0.2, -0.15) is 0 Å². The number of hydrogen-bond acceptors (Lipinski definition) is 2. The van der Waals surface area contributed by atoms with E-state index in [4.69, 9.17) is 4.74 Å². The summed E-state index contributed by atoms with van der Waals surface area (Å²) in [6.45, 7) is 5.38. The normalized spacial score (nSPS) is 12.5. The molecule has 1 aromatic rings. The molecule has 0 spiro atoms. The zero-order valence-electron chi connectivity index (χ0n) is 10.9. The van der Waals surface area contributed by atoms with E-state index in [2.05, 4.69) is 47.2 Å². The standard InChI is InChI=1S/C14H22BrNO/c1-4-5-6-11(2)16-10-12-7-8-14(17-3)13(15)9-12/h7-9,11,16H,4-6,10H2,1-3H3. The highest BCUT2D eigenvalue weighted by Gasteiger charge is 2.03. The summed E-state index contributed by atoms with van der Waals surface area (Å²) in [5.41, 5.74) is 1.28. The molecule has 0 aliphatic rings. The van der Waals surface area contributed by atoms with Crippen LogP contribution in [0.4, 0.5) is 0 Å². The molecular weight excluding hydrogens is 278 g/mol.